The summed E-state index contributed by atoms with van der Waals surface area (Å²) in [5, 5.41) is 8.81. The Kier molecular flexibility index (Phi) is 4.86. The lowest BCUT2D eigenvalue weighted by atomic mass is 10.1. The minimum absolute atomic E-state index is 0.239. The van der Waals surface area contributed by atoms with Crippen molar-refractivity contribution in [2.75, 3.05) is 6.54 Å². The molecular weight excluding hydrogens is 281 g/mol. The van der Waals surface area contributed by atoms with Gasteiger partial charge in [-0.15, -0.1) is 0 Å². The Morgan fingerprint density at radius 1 is 1.26 bits per heavy atom. The van der Waals surface area contributed by atoms with Gasteiger partial charge < -0.3 is 5.32 Å². The molecule has 1 aromatic carbocycles. The predicted octanol–water partition coefficient (Wildman–Crippen LogP) is 3.62. The molecular formula is C14H17Cl2N3. The number of nitrogens with zero attached hydrogens (tertiary/aromatic N) is 2. The Bertz CT molecular complexity index is 551. The highest BCUT2D eigenvalue weighted by molar-refractivity contribution is 6.42. The third kappa shape index (κ3) is 3.72. The molecule has 0 bridgehead atoms. The minimum Gasteiger partial charge on any atom is -0.310 e. The van der Waals surface area contributed by atoms with Crippen LogP contribution in [0.1, 0.15) is 24.2 Å². The van der Waals surface area contributed by atoms with E-state index >= 15 is 0 Å². The van der Waals surface area contributed by atoms with Gasteiger partial charge in [0.2, 0.25) is 0 Å². The third-order valence-electron chi connectivity index (χ3n) is 3.20. The summed E-state index contributed by atoms with van der Waals surface area (Å²) >= 11 is 11.9. The van der Waals surface area contributed by atoms with Crippen molar-refractivity contribution in [2.45, 2.75) is 19.4 Å². The van der Waals surface area contributed by atoms with Gasteiger partial charge in [-0.25, -0.2) is 0 Å². The first-order valence-corrected chi connectivity index (χ1v) is 6.98. The molecule has 0 saturated heterocycles. The fraction of sp³-hybridized carbons (Fsp3) is 0.357. The molecule has 102 valence electrons. The minimum atomic E-state index is 0.239. The molecule has 0 aliphatic rings. The van der Waals surface area contributed by atoms with Crippen molar-refractivity contribution in [2.24, 2.45) is 7.05 Å². The standard InChI is InChI=1S/C14H17Cl2N3/c1-10(11-3-4-13(15)14(16)9-11)17-7-5-12-6-8-18-19(12)2/h3-4,6,8-10,17H,5,7H2,1-2H3. The molecule has 19 heavy (non-hydrogen) atoms. The molecule has 2 rings (SSSR count). The lowest BCUT2D eigenvalue weighted by molar-refractivity contribution is 0.564. The van der Waals surface area contributed by atoms with Crippen LogP contribution in [-0.4, -0.2) is 16.3 Å². The highest BCUT2D eigenvalue weighted by Crippen LogP contribution is 2.25. The molecule has 1 aromatic heterocycles. The SMILES string of the molecule is CC(NCCc1ccnn1C)c1ccc(Cl)c(Cl)c1. The molecule has 0 amide bonds. The number of hydrogen-bond donors (Lipinski definition) is 1. The van der Waals surface area contributed by atoms with Gasteiger partial charge in [0.15, 0.2) is 0 Å². The van der Waals surface area contributed by atoms with Crippen LogP contribution in [0.5, 0.6) is 0 Å². The molecule has 2 aromatic rings. The lowest BCUT2D eigenvalue weighted by Crippen LogP contribution is -2.22. The number of nitrogens with one attached hydrogen (secondary N) is 1. The molecule has 1 atom stereocenters. The molecule has 1 N–H and O–H groups in total. The molecule has 1 unspecified atom stereocenters. The van der Waals surface area contributed by atoms with Gasteiger partial charge in [-0.05, 0) is 30.7 Å². The smallest absolute Gasteiger partial charge is 0.0595 e. The topological polar surface area (TPSA) is 29.9 Å². The summed E-state index contributed by atoms with van der Waals surface area (Å²) in [5.74, 6) is 0. The van der Waals surface area contributed by atoms with E-state index in [0.29, 0.717) is 10.0 Å². The van der Waals surface area contributed by atoms with Gasteiger partial charge in [0.25, 0.3) is 0 Å². The average molecular weight is 298 g/mol. The average Bonchev–Trinajstić information content (AvgIpc) is 2.78. The Morgan fingerprint density at radius 3 is 2.68 bits per heavy atom. The number of hydrogen-bond acceptors (Lipinski definition) is 2. The van der Waals surface area contributed by atoms with E-state index in [1.807, 2.05) is 42.2 Å². The van der Waals surface area contributed by atoms with E-state index in [2.05, 4.69) is 17.3 Å². The van der Waals surface area contributed by atoms with Crippen molar-refractivity contribution in [1.29, 1.82) is 0 Å². The first-order chi connectivity index (χ1) is 9.08. The van der Waals surface area contributed by atoms with Crippen LogP contribution in [-0.2, 0) is 13.5 Å². The molecule has 0 radical (unpaired) electrons. The lowest BCUT2D eigenvalue weighted by Gasteiger charge is -2.15. The Morgan fingerprint density at radius 2 is 2.05 bits per heavy atom. The zero-order chi connectivity index (χ0) is 13.8. The number of aromatic nitrogens is 2. The zero-order valence-electron chi connectivity index (χ0n) is 11.0. The number of aryl methyl sites for hydroxylation is 1. The van der Waals surface area contributed by atoms with Crippen LogP contribution >= 0.6 is 23.2 Å². The largest absolute Gasteiger partial charge is 0.310 e. The molecule has 0 saturated carbocycles. The van der Waals surface area contributed by atoms with Gasteiger partial charge in [0.1, 0.15) is 0 Å². The summed E-state index contributed by atoms with van der Waals surface area (Å²) in [6, 6.07) is 8.01. The van der Waals surface area contributed by atoms with E-state index in [0.717, 1.165) is 18.5 Å². The van der Waals surface area contributed by atoms with E-state index in [-0.39, 0.29) is 6.04 Å². The summed E-state index contributed by atoms with van der Waals surface area (Å²) in [4.78, 5) is 0. The van der Waals surface area contributed by atoms with Crippen molar-refractivity contribution in [3.8, 4) is 0 Å². The Labute approximate surface area is 123 Å². The summed E-state index contributed by atoms with van der Waals surface area (Å²) < 4.78 is 1.89. The summed E-state index contributed by atoms with van der Waals surface area (Å²) in [7, 11) is 1.96. The van der Waals surface area contributed by atoms with E-state index in [9.17, 15) is 0 Å². The van der Waals surface area contributed by atoms with Crippen LogP contribution in [0, 0.1) is 0 Å². The highest BCUT2D eigenvalue weighted by atomic mass is 35.5. The zero-order valence-corrected chi connectivity index (χ0v) is 12.5. The van der Waals surface area contributed by atoms with Crippen molar-refractivity contribution in [3.63, 3.8) is 0 Å². The number of rotatable bonds is 5. The molecule has 0 spiro atoms. The van der Waals surface area contributed by atoms with Gasteiger partial charge in [-0.3, -0.25) is 4.68 Å². The quantitative estimate of drug-likeness (QED) is 0.913. The summed E-state index contributed by atoms with van der Waals surface area (Å²) in [6.45, 7) is 3.00. The first-order valence-electron chi connectivity index (χ1n) is 6.23. The fourth-order valence-corrected chi connectivity index (χ4v) is 2.27. The predicted molar refractivity (Wildman–Crippen MR) is 79.8 cm³/mol. The molecule has 0 aliphatic carbocycles. The first kappa shape index (κ1) is 14.4. The molecule has 3 nitrogen and oxygen atoms in total. The molecule has 5 heteroatoms. The molecule has 0 aliphatic heterocycles. The summed E-state index contributed by atoms with van der Waals surface area (Å²) in [5.41, 5.74) is 2.35. The highest BCUT2D eigenvalue weighted by Gasteiger charge is 2.07. The van der Waals surface area contributed by atoms with Gasteiger partial charge in [-0.1, -0.05) is 29.3 Å². The maximum Gasteiger partial charge on any atom is 0.0595 e. The van der Waals surface area contributed by atoms with Crippen LogP contribution in [0.2, 0.25) is 10.0 Å². The van der Waals surface area contributed by atoms with Gasteiger partial charge in [0, 0.05) is 37.9 Å². The van der Waals surface area contributed by atoms with E-state index in [4.69, 9.17) is 23.2 Å². The number of benzene rings is 1. The molecule has 1 heterocycles. The van der Waals surface area contributed by atoms with Crippen LogP contribution in [0.15, 0.2) is 30.5 Å². The maximum absolute atomic E-state index is 6.02. The monoisotopic (exact) mass is 297 g/mol. The third-order valence-corrected chi connectivity index (χ3v) is 3.94. The fourth-order valence-electron chi connectivity index (χ4n) is 1.96. The van der Waals surface area contributed by atoms with Gasteiger partial charge in [0.05, 0.1) is 10.0 Å². The maximum atomic E-state index is 6.02. The van der Waals surface area contributed by atoms with Crippen LogP contribution in [0.3, 0.4) is 0 Å². The summed E-state index contributed by atoms with van der Waals surface area (Å²) in [6.07, 6.45) is 2.76. The Balaban J connectivity index is 1.89. The second-order valence-corrected chi connectivity index (χ2v) is 5.36. The normalized spacial score (nSPS) is 12.6. The van der Waals surface area contributed by atoms with Crippen molar-refractivity contribution in [3.05, 3.63) is 51.8 Å². The van der Waals surface area contributed by atoms with Crippen LogP contribution in [0.4, 0.5) is 0 Å². The number of halogens is 2. The Hall–Kier alpha value is -1.03. The second-order valence-electron chi connectivity index (χ2n) is 4.55. The van der Waals surface area contributed by atoms with Gasteiger partial charge in [-0.2, -0.15) is 5.10 Å². The van der Waals surface area contributed by atoms with Crippen molar-refractivity contribution < 1.29 is 0 Å². The van der Waals surface area contributed by atoms with Crippen LogP contribution in [0.25, 0.3) is 0 Å². The van der Waals surface area contributed by atoms with E-state index in [1.165, 1.54) is 5.69 Å². The van der Waals surface area contributed by atoms with E-state index in [1.54, 1.807) is 0 Å². The molecule has 0 fully saturated rings. The second kappa shape index (κ2) is 6.42. The van der Waals surface area contributed by atoms with E-state index < -0.39 is 0 Å². The van der Waals surface area contributed by atoms with Crippen LogP contribution < -0.4 is 5.32 Å². The van der Waals surface area contributed by atoms with Crippen molar-refractivity contribution >= 4 is 23.2 Å². The van der Waals surface area contributed by atoms with Crippen molar-refractivity contribution in [1.82, 2.24) is 15.1 Å². The van der Waals surface area contributed by atoms with Gasteiger partial charge >= 0.3 is 0 Å².